The number of nitrogens with two attached hydrogens (primary N) is 1. The highest BCUT2D eigenvalue weighted by Gasteiger charge is 2.10. The Kier molecular flexibility index (Phi) is 6.97. The van der Waals surface area contributed by atoms with Gasteiger partial charge in [-0.2, -0.15) is 0 Å². The molecule has 2 rings (SSSR count). The smallest absolute Gasteiger partial charge is 0.316 e. The number of primary amides is 1. The van der Waals surface area contributed by atoms with Crippen molar-refractivity contribution in [3.8, 4) is 0 Å². The Morgan fingerprint density at radius 2 is 1.73 bits per heavy atom. The van der Waals surface area contributed by atoms with E-state index >= 15 is 0 Å². The quantitative estimate of drug-likeness (QED) is 0.510. The number of amides is 3. The lowest BCUT2D eigenvalue weighted by Crippen LogP contribution is -2.23. The molecule has 26 heavy (non-hydrogen) atoms. The summed E-state index contributed by atoms with van der Waals surface area (Å²) in [6.45, 7) is 4.32. The Morgan fingerprint density at radius 1 is 1.12 bits per heavy atom. The second kappa shape index (κ2) is 9.19. The predicted molar refractivity (Wildman–Crippen MR) is 103 cm³/mol. The van der Waals surface area contributed by atoms with Gasteiger partial charge < -0.3 is 16.4 Å². The number of hydrogen-bond donors (Lipinski definition) is 3. The van der Waals surface area contributed by atoms with Crippen LogP contribution in [0.2, 0.25) is 0 Å². The first-order valence-corrected chi connectivity index (χ1v) is 9.41. The van der Waals surface area contributed by atoms with Crippen LogP contribution in [0.3, 0.4) is 0 Å². The molecule has 0 saturated heterocycles. The number of urea groups is 1. The largest absolute Gasteiger partial charge is 0.352 e. The van der Waals surface area contributed by atoms with Gasteiger partial charge in [-0.15, -0.1) is 0 Å². The van der Waals surface area contributed by atoms with Gasteiger partial charge in [0.25, 0.3) is 0 Å². The number of thioether (sulfide) groups is 1. The van der Waals surface area contributed by atoms with E-state index in [1.807, 2.05) is 32.2 Å². The van der Waals surface area contributed by atoms with Gasteiger partial charge in [0.05, 0.1) is 0 Å². The lowest BCUT2D eigenvalue weighted by atomic mass is 10.1. The van der Waals surface area contributed by atoms with Gasteiger partial charge in [-0.05, 0) is 49.8 Å². The maximum atomic E-state index is 12.1. The first kappa shape index (κ1) is 19.7. The van der Waals surface area contributed by atoms with Crippen molar-refractivity contribution >= 4 is 29.4 Å². The lowest BCUT2D eigenvalue weighted by molar-refractivity contribution is -0.121. The third-order valence-electron chi connectivity index (χ3n) is 3.90. The van der Waals surface area contributed by atoms with Crippen LogP contribution in [0.15, 0.2) is 29.4 Å². The number of anilines is 1. The van der Waals surface area contributed by atoms with Crippen LogP contribution in [-0.2, 0) is 17.8 Å². The van der Waals surface area contributed by atoms with Crippen molar-refractivity contribution in [2.24, 2.45) is 5.73 Å². The topological polar surface area (TPSA) is 110 Å². The van der Waals surface area contributed by atoms with Crippen molar-refractivity contribution in [2.75, 3.05) is 11.6 Å². The summed E-state index contributed by atoms with van der Waals surface area (Å²) in [5.41, 5.74) is 9.49. The van der Waals surface area contributed by atoms with Crippen LogP contribution >= 0.6 is 11.8 Å². The molecular formula is C18H23N5O2S. The van der Waals surface area contributed by atoms with Crippen molar-refractivity contribution in [1.82, 2.24) is 15.3 Å². The monoisotopic (exact) mass is 373 g/mol. The van der Waals surface area contributed by atoms with E-state index in [1.54, 1.807) is 12.1 Å². The Morgan fingerprint density at radius 3 is 2.27 bits per heavy atom. The van der Waals surface area contributed by atoms with Crippen molar-refractivity contribution in [3.63, 3.8) is 0 Å². The zero-order chi connectivity index (χ0) is 19.1. The fourth-order valence-corrected chi connectivity index (χ4v) is 2.99. The summed E-state index contributed by atoms with van der Waals surface area (Å²) < 4.78 is 0. The van der Waals surface area contributed by atoms with Crippen LogP contribution in [0.5, 0.6) is 0 Å². The number of nitrogens with one attached hydrogen (secondary N) is 2. The number of rotatable bonds is 7. The van der Waals surface area contributed by atoms with Gasteiger partial charge in [-0.25, -0.2) is 14.8 Å². The lowest BCUT2D eigenvalue weighted by Gasteiger charge is -2.10. The summed E-state index contributed by atoms with van der Waals surface area (Å²) >= 11 is 1.51. The average Bonchev–Trinajstić information content (AvgIpc) is 2.59. The van der Waals surface area contributed by atoms with Crippen molar-refractivity contribution < 1.29 is 9.59 Å². The molecule has 1 aromatic carbocycles. The van der Waals surface area contributed by atoms with E-state index in [4.69, 9.17) is 5.73 Å². The summed E-state index contributed by atoms with van der Waals surface area (Å²) in [7, 11) is 0. The first-order chi connectivity index (χ1) is 12.4. The van der Waals surface area contributed by atoms with Crippen molar-refractivity contribution in [2.45, 2.75) is 38.4 Å². The van der Waals surface area contributed by atoms with Gasteiger partial charge in [0, 0.05) is 30.0 Å². The fraction of sp³-hybridized carbons (Fsp3) is 0.333. The summed E-state index contributed by atoms with van der Waals surface area (Å²) in [6, 6.07) is 6.53. The van der Waals surface area contributed by atoms with E-state index < -0.39 is 6.03 Å². The minimum atomic E-state index is -0.605. The summed E-state index contributed by atoms with van der Waals surface area (Å²) in [5, 5.41) is 6.14. The van der Waals surface area contributed by atoms with Crippen LogP contribution in [0, 0.1) is 13.8 Å². The number of hydrogen-bond acceptors (Lipinski definition) is 5. The zero-order valence-corrected chi connectivity index (χ0v) is 15.9. The first-order valence-electron chi connectivity index (χ1n) is 8.19. The van der Waals surface area contributed by atoms with Gasteiger partial charge in [-0.1, -0.05) is 23.9 Å². The molecule has 0 fully saturated rings. The molecule has 3 amide bonds. The molecule has 0 aliphatic carbocycles. The highest BCUT2D eigenvalue weighted by atomic mass is 32.2. The molecule has 0 atom stereocenters. The Balaban J connectivity index is 1.85. The third-order valence-corrected chi connectivity index (χ3v) is 4.44. The molecule has 138 valence electrons. The van der Waals surface area contributed by atoms with E-state index in [9.17, 15) is 9.59 Å². The Hall–Kier alpha value is -2.61. The van der Waals surface area contributed by atoms with Gasteiger partial charge in [0.15, 0.2) is 5.16 Å². The minimum Gasteiger partial charge on any atom is -0.352 e. The second-order valence-corrected chi connectivity index (χ2v) is 6.60. The van der Waals surface area contributed by atoms with Crippen molar-refractivity contribution in [3.05, 3.63) is 46.8 Å². The number of aromatic nitrogens is 2. The number of nitrogens with zero attached hydrogens (tertiary/aromatic N) is 2. The van der Waals surface area contributed by atoms with Crippen LogP contribution in [0.1, 0.15) is 28.9 Å². The maximum absolute atomic E-state index is 12.1. The molecule has 0 aliphatic heterocycles. The maximum Gasteiger partial charge on any atom is 0.316 e. The SMILES string of the molecule is CSc1nc(C)c(CCC(=O)NCc2ccc(NC(N)=O)cc2)c(C)n1. The number of carbonyl (C=O) groups excluding carboxylic acids is 2. The average molecular weight is 373 g/mol. The molecule has 8 heteroatoms. The van der Waals surface area contributed by atoms with E-state index in [1.165, 1.54) is 11.8 Å². The third kappa shape index (κ3) is 5.73. The molecule has 4 N–H and O–H groups in total. The molecule has 2 aromatic rings. The van der Waals surface area contributed by atoms with Crippen LogP contribution in [0.4, 0.5) is 10.5 Å². The van der Waals surface area contributed by atoms with Crippen LogP contribution < -0.4 is 16.4 Å². The normalized spacial score (nSPS) is 10.4. The van der Waals surface area contributed by atoms with E-state index in [0.29, 0.717) is 25.1 Å². The van der Waals surface area contributed by atoms with Crippen LogP contribution in [0.25, 0.3) is 0 Å². The molecule has 0 aliphatic rings. The second-order valence-electron chi connectivity index (χ2n) is 5.82. The van der Waals surface area contributed by atoms with Gasteiger partial charge in [0.1, 0.15) is 0 Å². The van der Waals surface area contributed by atoms with E-state index in [-0.39, 0.29) is 5.91 Å². The molecule has 0 unspecified atom stereocenters. The predicted octanol–water partition coefficient (Wildman–Crippen LogP) is 2.55. The molecule has 1 heterocycles. The Bertz CT molecular complexity index is 770. The number of benzene rings is 1. The highest BCUT2D eigenvalue weighted by Crippen LogP contribution is 2.17. The summed E-state index contributed by atoms with van der Waals surface area (Å²) in [5.74, 6) is -0.0305. The standard InChI is InChI=1S/C18H23N5O2S/c1-11-15(12(2)22-18(21-11)26-3)8-9-16(24)20-10-13-4-6-14(7-5-13)23-17(19)25/h4-7H,8-10H2,1-3H3,(H,20,24)(H3,19,23,25). The number of aryl methyl sites for hydroxylation is 2. The fourth-order valence-electron chi connectivity index (χ4n) is 2.54. The molecule has 0 saturated carbocycles. The molecule has 7 nitrogen and oxygen atoms in total. The summed E-state index contributed by atoms with van der Waals surface area (Å²) in [6.07, 6.45) is 2.93. The molecule has 0 radical (unpaired) electrons. The summed E-state index contributed by atoms with van der Waals surface area (Å²) in [4.78, 5) is 31.8. The molecular weight excluding hydrogens is 350 g/mol. The van der Waals surface area contributed by atoms with Gasteiger partial charge in [0.2, 0.25) is 5.91 Å². The minimum absolute atomic E-state index is 0.0305. The zero-order valence-electron chi connectivity index (χ0n) is 15.1. The van der Waals surface area contributed by atoms with Crippen LogP contribution in [-0.4, -0.2) is 28.2 Å². The molecule has 0 spiro atoms. The van der Waals surface area contributed by atoms with E-state index in [2.05, 4.69) is 20.6 Å². The van der Waals surface area contributed by atoms with Gasteiger partial charge in [-0.3, -0.25) is 4.79 Å². The molecule has 1 aromatic heterocycles. The number of carbonyl (C=O) groups is 2. The van der Waals surface area contributed by atoms with E-state index in [0.717, 1.165) is 27.7 Å². The van der Waals surface area contributed by atoms with Gasteiger partial charge >= 0.3 is 6.03 Å². The highest BCUT2D eigenvalue weighted by molar-refractivity contribution is 7.98. The molecule has 0 bridgehead atoms. The Labute approximate surface area is 157 Å². The van der Waals surface area contributed by atoms with Crippen molar-refractivity contribution in [1.29, 1.82) is 0 Å².